The summed E-state index contributed by atoms with van der Waals surface area (Å²) in [5.41, 5.74) is 1.84. The number of nitrogens with one attached hydrogen (secondary N) is 2. The summed E-state index contributed by atoms with van der Waals surface area (Å²) in [5.74, 6) is 0.454. The van der Waals surface area contributed by atoms with E-state index in [-0.39, 0.29) is 17.5 Å². The van der Waals surface area contributed by atoms with Crippen molar-refractivity contribution in [3.05, 3.63) is 30.4 Å². The Morgan fingerprint density at radius 3 is 2.72 bits per heavy atom. The highest BCUT2D eigenvalue weighted by molar-refractivity contribution is 5.93. The second kappa shape index (κ2) is 9.21. The molecule has 2 N–H and O–H groups in total. The number of hydrogen-bond donors (Lipinski definition) is 2. The van der Waals surface area contributed by atoms with Gasteiger partial charge in [0.25, 0.3) is 0 Å². The van der Waals surface area contributed by atoms with E-state index >= 15 is 0 Å². The largest absolute Gasteiger partial charge is 0.372 e. The Kier molecular flexibility index (Phi) is 6.46. The van der Waals surface area contributed by atoms with Gasteiger partial charge in [-0.2, -0.15) is 5.26 Å². The molecule has 0 aliphatic heterocycles. The van der Waals surface area contributed by atoms with Gasteiger partial charge in [0, 0.05) is 24.2 Å². The van der Waals surface area contributed by atoms with Crippen molar-refractivity contribution in [2.24, 2.45) is 5.92 Å². The molecule has 1 unspecified atom stereocenters. The smallest absolute Gasteiger partial charge is 0.228 e. The monoisotopic (exact) mass is 393 g/mol. The lowest BCUT2D eigenvalue weighted by Crippen LogP contribution is -2.35. The Morgan fingerprint density at radius 1 is 1.34 bits per heavy atom. The summed E-state index contributed by atoms with van der Waals surface area (Å²) in [4.78, 5) is 38.0. The SMILES string of the molecule is CCN(C)CC(C=O)Nc1cc(-c2cnc(NC(=O)C3CC3)cn2)cnc1C#N. The molecule has 1 saturated carbocycles. The molecular weight excluding hydrogens is 370 g/mol. The first-order chi connectivity index (χ1) is 14.0. The van der Waals surface area contributed by atoms with Crippen LogP contribution in [0.3, 0.4) is 0 Å². The molecule has 0 radical (unpaired) electrons. The van der Waals surface area contributed by atoms with Crippen LogP contribution >= 0.6 is 0 Å². The average Bonchev–Trinajstić information content (AvgIpc) is 3.59. The molecular formula is C20H23N7O2. The van der Waals surface area contributed by atoms with Crippen molar-refractivity contribution < 1.29 is 9.59 Å². The summed E-state index contributed by atoms with van der Waals surface area (Å²) in [7, 11) is 1.91. The van der Waals surface area contributed by atoms with Crippen LogP contribution in [-0.4, -0.2) is 58.2 Å². The van der Waals surface area contributed by atoms with Crippen LogP contribution in [-0.2, 0) is 9.59 Å². The summed E-state index contributed by atoms with van der Waals surface area (Å²) in [5, 5.41) is 15.2. The second-order valence-electron chi connectivity index (χ2n) is 7.02. The van der Waals surface area contributed by atoms with E-state index in [9.17, 15) is 14.9 Å². The second-order valence-corrected chi connectivity index (χ2v) is 7.02. The van der Waals surface area contributed by atoms with E-state index < -0.39 is 6.04 Å². The first kappa shape index (κ1) is 20.4. The van der Waals surface area contributed by atoms with Crippen LogP contribution in [0.1, 0.15) is 25.5 Å². The standard InChI is InChI=1S/C20H23N7O2/c1-3-27(2)11-15(12-28)25-16-6-14(8-22-17(16)7-21)18-9-24-19(10-23-18)26-20(29)13-4-5-13/h6,8-10,12-13,15,25H,3-5,11H2,1-2H3,(H,24,26,29). The third kappa shape index (κ3) is 5.33. The molecule has 1 fully saturated rings. The van der Waals surface area contributed by atoms with E-state index in [1.54, 1.807) is 6.07 Å². The molecule has 1 aliphatic carbocycles. The summed E-state index contributed by atoms with van der Waals surface area (Å²) in [6, 6.07) is 3.28. The molecule has 9 heteroatoms. The van der Waals surface area contributed by atoms with Crippen LogP contribution in [0.25, 0.3) is 11.3 Å². The van der Waals surface area contributed by atoms with E-state index in [0.29, 0.717) is 29.3 Å². The van der Waals surface area contributed by atoms with Gasteiger partial charge in [-0.05, 0) is 32.5 Å². The molecule has 1 aliphatic rings. The Hall–Kier alpha value is -3.38. The molecule has 2 aromatic rings. The number of anilines is 2. The highest BCUT2D eigenvalue weighted by Crippen LogP contribution is 2.30. The van der Waals surface area contributed by atoms with Crippen LogP contribution < -0.4 is 10.6 Å². The maximum Gasteiger partial charge on any atom is 0.228 e. The predicted molar refractivity (Wildman–Crippen MR) is 108 cm³/mol. The minimum Gasteiger partial charge on any atom is -0.372 e. The number of likely N-dealkylation sites (N-methyl/N-ethyl adjacent to an activating group) is 1. The lowest BCUT2D eigenvalue weighted by Gasteiger charge is -2.21. The van der Waals surface area contributed by atoms with Gasteiger partial charge in [-0.1, -0.05) is 6.92 Å². The number of rotatable bonds is 9. The van der Waals surface area contributed by atoms with Gasteiger partial charge in [-0.3, -0.25) is 9.78 Å². The zero-order valence-electron chi connectivity index (χ0n) is 16.4. The van der Waals surface area contributed by atoms with Gasteiger partial charge in [0.15, 0.2) is 11.5 Å². The Bertz CT molecular complexity index is 919. The van der Waals surface area contributed by atoms with Crippen LogP contribution in [0, 0.1) is 17.2 Å². The molecule has 3 rings (SSSR count). The number of amides is 1. The van der Waals surface area contributed by atoms with Crippen molar-refractivity contribution in [2.75, 3.05) is 30.8 Å². The fourth-order valence-electron chi connectivity index (χ4n) is 2.71. The summed E-state index contributed by atoms with van der Waals surface area (Å²) < 4.78 is 0. The van der Waals surface area contributed by atoms with Crippen LogP contribution in [0.5, 0.6) is 0 Å². The fraction of sp³-hybridized carbons (Fsp3) is 0.400. The van der Waals surface area contributed by atoms with Crippen molar-refractivity contribution in [2.45, 2.75) is 25.8 Å². The molecule has 9 nitrogen and oxygen atoms in total. The van der Waals surface area contributed by atoms with Crippen LogP contribution in [0.2, 0.25) is 0 Å². The van der Waals surface area contributed by atoms with E-state index in [2.05, 4.69) is 25.6 Å². The number of carbonyl (C=O) groups excluding carboxylic acids is 2. The van der Waals surface area contributed by atoms with Crippen LogP contribution in [0.15, 0.2) is 24.7 Å². The maximum atomic E-state index is 11.8. The van der Waals surface area contributed by atoms with Crippen LogP contribution in [0.4, 0.5) is 11.5 Å². The molecule has 2 heterocycles. The molecule has 0 saturated heterocycles. The van der Waals surface area contributed by atoms with Crippen molar-refractivity contribution in [3.63, 3.8) is 0 Å². The molecule has 1 atom stereocenters. The van der Waals surface area contributed by atoms with E-state index in [1.807, 2.05) is 24.9 Å². The number of nitriles is 1. The lowest BCUT2D eigenvalue weighted by atomic mass is 10.1. The highest BCUT2D eigenvalue weighted by atomic mass is 16.2. The molecule has 1 amide bonds. The summed E-state index contributed by atoms with van der Waals surface area (Å²) >= 11 is 0. The summed E-state index contributed by atoms with van der Waals surface area (Å²) in [6.45, 7) is 3.30. The number of pyridine rings is 1. The number of nitrogens with zero attached hydrogens (tertiary/aromatic N) is 5. The third-order valence-corrected chi connectivity index (χ3v) is 4.69. The molecule has 150 valence electrons. The third-order valence-electron chi connectivity index (χ3n) is 4.69. The van der Waals surface area contributed by atoms with Gasteiger partial charge in [0.05, 0.1) is 29.8 Å². The number of aromatic nitrogens is 3. The van der Waals surface area contributed by atoms with Crippen molar-refractivity contribution in [1.29, 1.82) is 5.26 Å². The van der Waals surface area contributed by atoms with Gasteiger partial charge >= 0.3 is 0 Å². The van der Waals surface area contributed by atoms with E-state index in [4.69, 9.17) is 0 Å². The lowest BCUT2D eigenvalue weighted by molar-refractivity contribution is -0.117. The van der Waals surface area contributed by atoms with Gasteiger partial charge in [-0.15, -0.1) is 0 Å². The topological polar surface area (TPSA) is 124 Å². The molecule has 0 aromatic carbocycles. The normalized spacial score (nSPS) is 14.1. The van der Waals surface area contributed by atoms with Crippen molar-refractivity contribution >= 4 is 23.7 Å². The number of hydrogen-bond acceptors (Lipinski definition) is 8. The van der Waals surface area contributed by atoms with E-state index in [0.717, 1.165) is 25.7 Å². The molecule has 29 heavy (non-hydrogen) atoms. The minimum absolute atomic E-state index is 0.0319. The fourth-order valence-corrected chi connectivity index (χ4v) is 2.71. The van der Waals surface area contributed by atoms with Crippen molar-refractivity contribution in [1.82, 2.24) is 19.9 Å². The average molecular weight is 393 g/mol. The van der Waals surface area contributed by atoms with Gasteiger partial charge in [0.1, 0.15) is 12.4 Å². The van der Waals surface area contributed by atoms with Crippen molar-refractivity contribution in [3.8, 4) is 17.3 Å². The Balaban J connectivity index is 1.77. The zero-order valence-corrected chi connectivity index (χ0v) is 16.4. The first-order valence-electron chi connectivity index (χ1n) is 9.47. The summed E-state index contributed by atoms with van der Waals surface area (Å²) in [6.07, 6.45) is 7.21. The predicted octanol–water partition coefficient (Wildman–Crippen LogP) is 1.69. The molecule has 2 aromatic heterocycles. The zero-order chi connectivity index (χ0) is 20.8. The van der Waals surface area contributed by atoms with E-state index in [1.165, 1.54) is 18.6 Å². The first-order valence-corrected chi connectivity index (χ1v) is 9.47. The van der Waals surface area contributed by atoms with Gasteiger partial charge in [0.2, 0.25) is 5.91 Å². The van der Waals surface area contributed by atoms with Gasteiger partial charge in [-0.25, -0.2) is 9.97 Å². The minimum atomic E-state index is -0.477. The molecule has 0 spiro atoms. The molecule has 0 bridgehead atoms. The van der Waals surface area contributed by atoms with Gasteiger partial charge < -0.3 is 20.3 Å². The number of aldehydes is 1. The maximum absolute atomic E-state index is 11.8. The highest BCUT2D eigenvalue weighted by Gasteiger charge is 2.29. The quantitative estimate of drug-likeness (QED) is 0.617. The Labute approximate surface area is 169 Å². The number of carbonyl (C=O) groups is 2. The Morgan fingerprint density at radius 2 is 2.14 bits per heavy atom.